The first-order chi connectivity index (χ1) is 6.92. The topological polar surface area (TPSA) is 46.5 Å². The Labute approximate surface area is 97.3 Å². The van der Waals surface area contributed by atoms with Crippen molar-refractivity contribution in [2.24, 2.45) is 4.99 Å². The molecule has 1 aliphatic heterocycles. The van der Waals surface area contributed by atoms with Crippen LogP contribution in [0.25, 0.3) is 0 Å². The van der Waals surface area contributed by atoms with Gasteiger partial charge in [0.15, 0.2) is 14.3 Å². The molecule has 1 aliphatic rings. The first-order valence-corrected chi connectivity index (χ1v) is 6.92. The Balaban J connectivity index is 2.20. The molecule has 15 heavy (non-hydrogen) atoms. The first kappa shape index (κ1) is 10.8. The molecule has 0 N–H and O–H groups in total. The second kappa shape index (κ2) is 3.42. The first-order valence-electron chi connectivity index (χ1n) is 4.48. The Morgan fingerprint density at radius 3 is 2.33 bits per heavy atom. The lowest BCUT2D eigenvalue weighted by molar-refractivity contribution is 0.600. The van der Waals surface area contributed by atoms with E-state index in [1.165, 1.54) is 0 Å². The Morgan fingerprint density at radius 1 is 1.33 bits per heavy atom. The van der Waals surface area contributed by atoms with Gasteiger partial charge in [-0.25, -0.2) is 8.42 Å². The molecule has 0 aliphatic carbocycles. The fourth-order valence-electron chi connectivity index (χ4n) is 1.28. The van der Waals surface area contributed by atoms with E-state index >= 15 is 0 Å². The summed E-state index contributed by atoms with van der Waals surface area (Å²) in [6.07, 6.45) is 0. The molecule has 0 radical (unpaired) electrons. The summed E-state index contributed by atoms with van der Waals surface area (Å²) in [5, 5.41) is 0. The lowest BCUT2D eigenvalue weighted by atomic mass is 10.4. The number of hydrogen-bond donors (Lipinski definition) is 0. The molecule has 0 saturated heterocycles. The van der Waals surface area contributed by atoms with Crippen LogP contribution >= 0.6 is 15.9 Å². The van der Waals surface area contributed by atoms with Crippen molar-refractivity contribution in [1.82, 2.24) is 0 Å². The Hall–Kier alpha value is -0.680. The maximum Gasteiger partial charge on any atom is 0.183 e. The van der Waals surface area contributed by atoms with Gasteiger partial charge in [-0.15, -0.1) is 0 Å². The third kappa shape index (κ3) is 2.29. The number of halogens is 1. The van der Waals surface area contributed by atoms with E-state index in [0.29, 0.717) is 10.6 Å². The molecule has 1 atom stereocenters. The Bertz CT molecular complexity index is 505. The molecular weight excluding hydrogens is 278 g/mol. The standard InChI is InChI=1S/C10H10BrNO2S/c1-10(11)9(12-10)7-15(13,14)8-5-3-2-4-6-8/h2-6H,7H2,1H3. The van der Waals surface area contributed by atoms with Crippen LogP contribution in [0.5, 0.6) is 0 Å². The summed E-state index contributed by atoms with van der Waals surface area (Å²) in [4.78, 5) is 4.40. The summed E-state index contributed by atoms with van der Waals surface area (Å²) >= 11 is 3.31. The molecule has 1 aromatic rings. The molecule has 0 spiro atoms. The zero-order valence-corrected chi connectivity index (χ0v) is 10.5. The largest absolute Gasteiger partial charge is 0.266 e. The van der Waals surface area contributed by atoms with Gasteiger partial charge in [0.1, 0.15) is 0 Å². The number of rotatable bonds is 3. The predicted octanol–water partition coefficient (Wildman–Crippen LogP) is 2.03. The lowest BCUT2D eigenvalue weighted by Crippen LogP contribution is -2.16. The second-order valence-electron chi connectivity index (χ2n) is 3.58. The molecule has 0 aromatic heterocycles. The number of sulfone groups is 1. The molecule has 1 heterocycles. The smallest absolute Gasteiger partial charge is 0.183 e. The summed E-state index contributed by atoms with van der Waals surface area (Å²) in [7, 11) is -3.23. The summed E-state index contributed by atoms with van der Waals surface area (Å²) in [6.45, 7) is 1.84. The van der Waals surface area contributed by atoms with Crippen LogP contribution in [0.2, 0.25) is 0 Å². The van der Waals surface area contributed by atoms with Crippen LogP contribution in [0.3, 0.4) is 0 Å². The van der Waals surface area contributed by atoms with Gasteiger partial charge < -0.3 is 0 Å². The maximum atomic E-state index is 11.9. The van der Waals surface area contributed by atoms with E-state index in [1.807, 2.05) is 6.92 Å². The quantitative estimate of drug-likeness (QED) is 0.631. The lowest BCUT2D eigenvalue weighted by Gasteiger charge is -2.02. The molecule has 1 unspecified atom stereocenters. The number of alkyl halides is 1. The molecule has 0 amide bonds. The molecule has 5 heteroatoms. The molecule has 80 valence electrons. The highest BCUT2D eigenvalue weighted by molar-refractivity contribution is 9.10. The number of benzene rings is 1. The predicted molar refractivity (Wildman–Crippen MR) is 63.3 cm³/mol. The van der Waals surface area contributed by atoms with Crippen LogP contribution < -0.4 is 0 Å². The highest BCUT2D eigenvalue weighted by Crippen LogP contribution is 2.35. The summed E-state index contributed by atoms with van der Waals surface area (Å²) in [5.74, 6) is -0.00123. The number of hydrogen-bond acceptors (Lipinski definition) is 3. The van der Waals surface area contributed by atoms with Crippen LogP contribution in [0, 0.1) is 0 Å². The maximum absolute atomic E-state index is 11.9. The van der Waals surface area contributed by atoms with Crippen molar-refractivity contribution >= 4 is 31.5 Å². The van der Waals surface area contributed by atoms with Gasteiger partial charge in [-0.2, -0.15) is 0 Å². The fourth-order valence-corrected chi connectivity index (χ4v) is 3.26. The van der Waals surface area contributed by atoms with E-state index in [2.05, 4.69) is 20.9 Å². The van der Waals surface area contributed by atoms with E-state index in [0.717, 1.165) is 0 Å². The highest BCUT2D eigenvalue weighted by atomic mass is 79.9. The molecule has 0 saturated carbocycles. The fraction of sp³-hybridized carbons (Fsp3) is 0.300. The number of nitrogens with zero attached hydrogens (tertiary/aromatic N) is 1. The van der Waals surface area contributed by atoms with Crippen molar-refractivity contribution in [3.63, 3.8) is 0 Å². The van der Waals surface area contributed by atoms with Crippen molar-refractivity contribution in [3.8, 4) is 0 Å². The average Bonchev–Trinajstić information content (AvgIpc) is 2.74. The van der Waals surface area contributed by atoms with Gasteiger partial charge in [-0.05, 0) is 19.1 Å². The minimum atomic E-state index is -3.23. The van der Waals surface area contributed by atoms with E-state index in [-0.39, 0.29) is 5.75 Å². The monoisotopic (exact) mass is 287 g/mol. The van der Waals surface area contributed by atoms with Crippen molar-refractivity contribution < 1.29 is 8.42 Å². The van der Waals surface area contributed by atoms with Crippen LogP contribution in [-0.4, -0.2) is 24.3 Å². The van der Waals surface area contributed by atoms with Gasteiger partial charge in [0, 0.05) is 0 Å². The average molecular weight is 288 g/mol. The van der Waals surface area contributed by atoms with E-state index in [4.69, 9.17) is 0 Å². The van der Waals surface area contributed by atoms with Crippen LogP contribution in [0.4, 0.5) is 0 Å². The van der Waals surface area contributed by atoms with Gasteiger partial charge in [0.25, 0.3) is 0 Å². The zero-order chi connectivity index (χ0) is 11.1. The molecule has 0 fully saturated rings. The van der Waals surface area contributed by atoms with Gasteiger partial charge in [0.2, 0.25) is 0 Å². The number of aliphatic imine (C=N–C) groups is 1. The van der Waals surface area contributed by atoms with Crippen molar-refractivity contribution in [3.05, 3.63) is 30.3 Å². The molecule has 3 nitrogen and oxygen atoms in total. The van der Waals surface area contributed by atoms with Gasteiger partial charge in [-0.1, -0.05) is 34.1 Å². The van der Waals surface area contributed by atoms with Gasteiger partial charge in [-0.3, -0.25) is 4.99 Å². The van der Waals surface area contributed by atoms with E-state index in [9.17, 15) is 8.42 Å². The normalized spacial score (nSPS) is 24.8. The van der Waals surface area contributed by atoms with Crippen molar-refractivity contribution in [2.45, 2.75) is 16.3 Å². The van der Waals surface area contributed by atoms with Gasteiger partial charge >= 0.3 is 0 Å². The third-order valence-corrected chi connectivity index (χ3v) is 4.53. The van der Waals surface area contributed by atoms with Crippen LogP contribution in [0.15, 0.2) is 40.2 Å². The molecule has 1 aromatic carbocycles. The van der Waals surface area contributed by atoms with Gasteiger partial charge in [0.05, 0.1) is 16.4 Å². The van der Waals surface area contributed by atoms with E-state index < -0.39 is 14.3 Å². The van der Waals surface area contributed by atoms with Crippen LogP contribution in [-0.2, 0) is 9.84 Å². The summed E-state index contributed by atoms with van der Waals surface area (Å²) < 4.78 is 23.3. The van der Waals surface area contributed by atoms with Crippen molar-refractivity contribution in [1.29, 1.82) is 0 Å². The summed E-state index contributed by atoms with van der Waals surface area (Å²) in [5.41, 5.74) is 0.686. The molecule has 2 rings (SSSR count). The second-order valence-corrected chi connectivity index (χ2v) is 7.12. The Morgan fingerprint density at radius 2 is 1.87 bits per heavy atom. The zero-order valence-electron chi connectivity index (χ0n) is 8.14. The van der Waals surface area contributed by atoms with E-state index in [1.54, 1.807) is 30.3 Å². The third-order valence-electron chi connectivity index (χ3n) is 2.25. The minimum Gasteiger partial charge on any atom is -0.266 e. The Kier molecular flexibility index (Phi) is 2.47. The summed E-state index contributed by atoms with van der Waals surface area (Å²) in [6, 6.07) is 8.43. The SMILES string of the molecule is CC1(Br)N=C1CS(=O)(=O)c1ccccc1. The molecular formula is C10H10BrNO2S. The molecule has 0 bridgehead atoms. The van der Waals surface area contributed by atoms with Crippen LogP contribution in [0.1, 0.15) is 6.92 Å². The minimum absolute atomic E-state index is 0.00123. The van der Waals surface area contributed by atoms with Crippen molar-refractivity contribution in [2.75, 3.05) is 5.75 Å². The highest BCUT2D eigenvalue weighted by Gasteiger charge is 2.41.